The van der Waals surface area contributed by atoms with Crippen LogP contribution in [0, 0.1) is 22.9 Å². The molecule has 1 unspecified atom stereocenters. The first-order valence-corrected chi connectivity index (χ1v) is 5.35. The Balaban J connectivity index is 2.79. The lowest BCUT2D eigenvalue weighted by molar-refractivity contribution is -0.385. The highest BCUT2D eigenvalue weighted by Gasteiger charge is 2.16. The molecule has 1 aromatic rings. The second kappa shape index (κ2) is 6.27. The van der Waals surface area contributed by atoms with Gasteiger partial charge in [-0.1, -0.05) is 0 Å². The normalized spacial score (nSPS) is 12.2. The molecule has 0 heterocycles. The lowest BCUT2D eigenvalue weighted by Gasteiger charge is -2.12. The molecule has 0 spiro atoms. The van der Waals surface area contributed by atoms with Crippen molar-refractivity contribution in [3.63, 3.8) is 0 Å². The molecule has 0 aliphatic carbocycles. The molecule has 6 nitrogen and oxygen atoms in total. The lowest BCUT2D eigenvalue weighted by Crippen LogP contribution is -2.29. The Morgan fingerprint density at radius 1 is 1.61 bits per heavy atom. The Hall–Kier alpha value is -1.73. The van der Waals surface area contributed by atoms with E-state index in [1.165, 1.54) is 13.0 Å². The molecule has 1 rings (SSSR count). The summed E-state index contributed by atoms with van der Waals surface area (Å²) < 4.78 is 18.6. The molecule has 100 valence electrons. The Kier molecular flexibility index (Phi) is 4.99. The maximum atomic E-state index is 13.5. The Morgan fingerprint density at radius 2 is 2.28 bits per heavy atom. The number of nitro groups is 1. The second-order valence-corrected chi connectivity index (χ2v) is 3.85. The summed E-state index contributed by atoms with van der Waals surface area (Å²) in [6.07, 6.45) is -0.773. The molecule has 1 aromatic carbocycles. The molecule has 0 aliphatic rings. The summed E-state index contributed by atoms with van der Waals surface area (Å²) in [6.45, 7) is 1.72. The fourth-order valence-electron chi connectivity index (χ4n) is 1.43. The van der Waals surface area contributed by atoms with E-state index in [1.807, 2.05) is 0 Å². The first-order chi connectivity index (χ1) is 8.45. The van der Waals surface area contributed by atoms with Crippen LogP contribution in [0.2, 0.25) is 0 Å². The number of nitrogens with one attached hydrogen (secondary N) is 1. The largest absolute Gasteiger partial charge is 0.488 e. The van der Waals surface area contributed by atoms with Crippen LogP contribution in [0.5, 0.6) is 5.75 Å². The average molecular weight is 258 g/mol. The zero-order chi connectivity index (χ0) is 13.7. The topological polar surface area (TPSA) is 84.6 Å². The minimum atomic E-state index is -0.816. The molecule has 1 atom stereocenters. The van der Waals surface area contributed by atoms with Crippen LogP contribution in [0.3, 0.4) is 0 Å². The molecule has 0 amide bonds. The standard InChI is InChI=1S/C11H15FN2O4/c1-7-3-11(18-6-8(15)5-13-2)9(12)4-10(7)14(16)17/h3-4,8,13,15H,5-6H2,1-2H3. The first kappa shape index (κ1) is 14.3. The number of nitro benzene ring substituents is 1. The molecule has 0 bridgehead atoms. The first-order valence-electron chi connectivity index (χ1n) is 5.35. The van der Waals surface area contributed by atoms with Crippen molar-refractivity contribution < 1.29 is 19.2 Å². The van der Waals surface area contributed by atoms with Crippen molar-refractivity contribution >= 4 is 5.69 Å². The number of halogens is 1. The molecule has 0 saturated carbocycles. The predicted molar refractivity (Wildman–Crippen MR) is 63.2 cm³/mol. The van der Waals surface area contributed by atoms with Crippen molar-refractivity contribution in [2.45, 2.75) is 13.0 Å². The highest BCUT2D eigenvalue weighted by molar-refractivity contribution is 5.45. The number of aryl methyl sites for hydroxylation is 1. The van der Waals surface area contributed by atoms with Crippen LogP contribution < -0.4 is 10.1 Å². The van der Waals surface area contributed by atoms with Crippen LogP contribution in [0.1, 0.15) is 5.56 Å². The Morgan fingerprint density at radius 3 is 2.83 bits per heavy atom. The summed E-state index contributed by atoms with van der Waals surface area (Å²) in [7, 11) is 1.67. The van der Waals surface area contributed by atoms with E-state index in [0.29, 0.717) is 12.1 Å². The number of ether oxygens (including phenoxy) is 1. The number of nitrogens with zero attached hydrogens (tertiary/aromatic N) is 1. The number of likely N-dealkylation sites (N-methyl/N-ethyl adjacent to an activating group) is 1. The summed E-state index contributed by atoms with van der Waals surface area (Å²) in [5.41, 5.74) is 0.00938. The van der Waals surface area contributed by atoms with Gasteiger partial charge in [0.2, 0.25) is 0 Å². The third-order valence-electron chi connectivity index (χ3n) is 2.32. The van der Waals surface area contributed by atoms with E-state index >= 15 is 0 Å². The van der Waals surface area contributed by atoms with Gasteiger partial charge in [0.15, 0.2) is 11.6 Å². The average Bonchev–Trinajstić information content (AvgIpc) is 2.29. The minimum absolute atomic E-state index is 0.0883. The quantitative estimate of drug-likeness (QED) is 0.587. The fourth-order valence-corrected chi connectivity index (χ4v) is 1.43. The summed E-state index contributed by atoms with van der Waals surface area (Å²) in [5.74, 6) is -0.919. The molecule has 0 aromatic heterocycles. The van der Waals surface area contributed by atoms with E-state index in [-0.39, 0.29) is 18.0 Å². The maximum absolute atomic E-state index is 13.5. The summed E-state index contributed by atoms with van der Waals surface area (Å²) in [5, 5.41) is 22.7. The van der Waals surface area contributed by atoms with Gasteiger partial charge >= 0.3 is 0 Å². The molecular formula is C11H15FN2O4. The predicted octanol–water partition coefficient (Wildman–Crippen LogP) is 1.00. The van der Waals surface area contributed by atoms with Crippen molar-refractivity contribution in [2.75, 3.05) is 20.2 Å². The third-order valence-corrected chi connectivity index (χ3v) is 2.32. The molecule has 7 heteroatoms. The molecule has 0 aliphatic heterocycles. The van der Waals surface area contributed by atoms with Crippen LogP contribution in [-0.4, -0.2) is 36.3 Å². The van der Waals surface area contributed by atoms with E-state index < -0.39 is 16.8 Å². The number of aliphatic hydroxyl groups excluding tert-OH is 1. The van der Waals surface area contributed by atoms with Crippen molar-refractivity contribution in [1.29, 1.82) is 0 Å². The van der Waals surface area contributed by atoms with Crippen molar-refractivity contribution in [2.24, 2.45) is 0 Å². The van der Waals surface area contributed by atoms with E-state index in [9.17, 15) is 19.6 Å². The Labute approximate surface area is 104 Å². The Bertz CT molecular complexity index is 439. The van der Waals surface area contributed by atoms with E-state index in [4.69, 9.17) is 4.74 Å². The van der Waals surface area contributed by atoms with Crippen molar-refractivity contribution in [3.8, 4) is 5.75 Å². The number of hydrogen-bond donors (Lipinski definition) is 2. The van der Waals surface area contributed by atoms with E-state index in [2.05, 4.69) is 5.32 Å². The van der Waals surface area contributed by atoms with Gasteiger partial charge in [-0.2, -0.15) is 0 Å². The van der Waals surface area contributed by atoms with Crippen LogP contribution >= 0.6 is 0 Å². The number of aliphatic hydroxyl groups is 1. The summed E-state index contributed by atoms with van der Waals surface area (Å²) in [4.78, 5) is 9.93. The van der Waals surface area contributed by atoms with Gasteiger partial charge in [0.25, 0.3) is 5.69 Å². The van der Waals surface area contributed by atoms with Crippen LogP contribution in [0.15, 0.2) is 12.1 Å². The zero-order valence-corrected chi connectivity index (χ0v) is 10.1. The zero-order valence-electron chi connectivity index (χ0n) is 10.1. The number of rotatable bonds is 6. The molecule has 0 fully saturated rings. The van der Waals surface area contributed by atoms with Gasteiger partial charge in [-0.25, -0.2) is 4.39 Å². The monoisotopic (exact) mass is 258 g/mol. The second-order valence-electron chi connectivity index (χ2n) is 3.85. The van der Waals surface area contributed by atoms with Gasteiger partial charge in [0, 0.05) is 12.1 Å². The van der Waals surface area contributed by atoms with Gasteiger partial charge < -0.3 is 15.2 Å². The maximum Gasteiger partial charge on any atom is 0.275 e. The molecule has 18 heavy (non-hydrogen) atoms. The molecule has 2 N–H and O–H groups in total. The van der Waals surface area contributed by atoms with Gasteiger partial charge in [0.05, 0.1) is 11.0 Å². The van der Waals surface area contributed by atoms with Gasteiger partial charge in [-0.15, -0.1) is 0 Å². The summed E-state index contributed by atoms with van der Waals surface area (Å²) >= 11 is 0. The number of benzene rings is 1. The highest BCUT2D eigenvalue weighted by Crippen LogP contribution is 2.26. The van der Waals surface area contributed by atoms with Gasteiger partial charge in [0.1, 0.15) is 12.7 Å². The smallest absolute Gasteiger partial charge is 0.275 e. The van der Waals surface area contributed by atoms with Gasteiger partial charge in [-0.05, 0) is 20.0 Å². The number of hydrogen-bond acceptors (Lipinski definition) is 5. The third kappa shape index (κ3) is 3.64. The van der Waals surface area contributed by atoms with Gasteiger partial charge in [-0.3, -0.25) is 10.1 Å². The SMILES string of the molecule is CNCC(O)COc1cc(C)c([N+](=O)[O-])cc1F. The van der Waals surface area contributed by atoms with E-state index in [0.717, 1.165) is 6.07 Å². The van der Waals surface area contributed by atoms with Crippen molar-refractivity contribution in [3.05, 3.63) is 33.6 Å². The van der Waals surface area contributed by atoms with Crippen LogP contribution in [0.4, 0.5) is 10.1 Å². The van der Waals surface area contributed by atoms with Crippen LogP contribution in [0.25, 0.3) is 0 Å². The molecular weight excluding hydrogens is 243 g/mol. The summed E-state index contributed by atoms with van der Waals surface area (Å²) in [6, 6.07) is 2.06. The minimum Gasteiger partial charge on any atom is -0.488 e. The van der Waals surface area contributed by atoms with Crippen molar-refractivity contribution in [1.82, 2.24) is 5.32 Å². The molecule has 0 saturated heterocycles. The molecule has 0 radical (unpaired) electrons. The van der Waals surface area contributed by atoms with Crippen LogP contribution in [-0.2, 0) is 0 Å². The highest BCUT2D eigenvalue weighted by atomic mass is 19.1. The van der Waals surface area contributed by atoms with E-state index in [1.54, 1.807) is 7.05 Å². The lowest BCUT2D eigenvalue weighted by atomic mass is 10.2. The fraction of sp³-hybridized carbons (Fsp3) is 0.455.